The maximum atomic E-state index is 12.5. The Morgan fingerprint density at radius 1 is 1.24 bits per heavy atom. The first-order valence-electron chi connectivity index (χ1n) is 7.20. The topological polar surface area (TPSA) is 62.3 Å². The van der Waals surface area contributed by atoms with Gasteiger partial charge in [0.2, 0.25) is 11.8 Å². The van der Waals surface area contributed by atoms with Gasteiger partial charge < -0.3 is 10.2 Å². The number of pyridine rings is 1. The number of carbonyl (C=O) groups is 2. The zero-order valence-corrected chi connectivity index (χ0v) is 13.5. The van der Waals surface area contributed by atoms with Crippen LogP contribution >= 0.6 is 11.8 Å². The molecule has 0 saturated heterocycles. The van der Waals surface area contributed by atoms with E-state index in [2.05, 4.69) is 10.3 Å². The average molecular weight is 367 g/mol. The number of amides is 2. The minimum atomic E-state index is -4.45. The van der Waals surface area contributed by atoms with Crippen LogP contribution in [-0.4, -0.2) is 29.1 Å². The molecule has 1 aromatic heterocycles. The Morgan fingerprint density at radius 3 is 2.68 bits per heavy atom. The van der Waals surface area contributed by atoms with Crippen LogP contribution in [0.4, 0.5) is 24.5 Å². The van der Waals surface area contributed by atoms with E-state index in [0.29, 0.717) is 16.4 Å². The Kier molecular flexibility index (Phi) is 4.67. The largest absolute Gasteiger partial charge is 0.417 e. The van der Waals surface area contributed by atoms with Crippen LogP contribution in [0.15, 0.2) is 47.6 Å². The minimum absolute atomic E-state index is 0.0417. The second kappa shape index (κ2) is 6.75. The van der Waals surface area contributed by atoms with Crippen molar-refractivity contribution >= 4 is 35.0 Å². The number of hydrogen-bond donors (Lipinski definition) is 1. The van der Waals surface area contributed by atoms with E-state index in [1.807, 2.05) is 0 Å². The van der Waals surface area contributed by atoms with Gasteiger partial charge in [-0.1, -0.05) is 23.9 Å². The fraction of sp³-hybridized carbons (Fsp3) is 0.188. The monoisotopic (exact) mass is 367 g/mol. The van der Waals surface area contributed by atoms with Gasteiger partial charge in [0.15, 0.2) is 0 Å². The molecule has 0 bridgehead atoms. The predicted molar refractivity (Wildman–Crippen MR) is 87.4 cm³/mol. The molecule has 9 heteroatoms. The van der Waals surface area contributed by atoms with Crippen molar-refractivity contribution < 1.29 is 22.8 Å². The number of rotatable bonds is 3. The number of para-hydroxylation sites is 2. The summed E-state index contributed by atoms with van der Waals surface area (Å²) in [6.45, 7) is -0.100. The molecular weight excluding hydrogens is 355 g/mol. The summed E-state index contributed by atoms with van der Waals surface area (Å²) in [6, 6.07) is 9.04. The molecule has 1 aliphatic rings. The molecule has 1 aliphatic heterocycles. The minimum Gasteiger partial charge on any atom is -0.323 e. The number of halogens is 3. The Hall–Kier alpha value is -2.55. The number of nitrogens with zero attached hydrogens (tertiary/aromatic N) is 2. The number of alkyl halides is 3. The van der Waals surface area contributed by atoms with Crippen molar-refractivity contribution in [3.8, 4) is 0 Å². The summed E-state index contributed by atoms with van der Waals surface area (Å²) in [5.74, 6) is -0.668. The highest BCUT2D eigenvalue weighted by Crippen LogP contribution is 2.31. The summed E-state index contributed by atoms with van der Waals surface area (Å²) in [5, 5.41) is 2.98. The maximum Gasteiger partial charge on any atom is 0.417 e. The molecule has 2 heterocycles. The molecule has 0 saturated carbocycles. The van der Waals surface area contributed by atoms with E-state index < -0.39 is 11.7 Å². The van der Waals surface area contributed by atoms with Crippen LogP contribution in [0.3, 0.4) is 0 Å². The third-order valence-corrected chi connectivity index (χ3v) is 4.41. The fourth-order valence-corrected chi connectivity index (χ4v) is 3.02. The number of hydrogen-bond acceptors (Lipinski definition) is 4. The first-order chi connectivity index (χ1) is 11.8. The molecule has 0 radical (unpaired) electrons. The lowest BCUT2D eigenvalue weighted by Crippen LogP contribution is -2.43. The van der Waals surface area contributed by atoms with Gasteiger partial charge in [-0.15, -0.1) is 0 Å². The molecule has 3 rings (SSSR count). The summed E-state index contributed by atoms with van der Waals surface area (Å²) in [5.41, 5.74) is 0.294. The van der Waals surface area contributed by atoms with Gasteiger partial charge in [0.05, 0.1) is 27.7 Å². The third-order valence-electron chi connectivity index (χ3n) is 3.48. The van der Waals surface area contributed by atoms with Crippen molar-refractivity contribution in [3.05, 3.63) is 48.2 Å². The lowest BCUT2D eigenvalue weighted by molar-refractivity contribution is -0.137. The second-order valence-corrected chi connectivity index (χ2v) is 6.21. The maximum absolute atomic E-state index is 12.5. The van der Waals surface area contributed by atoms with Crippen LogP contribution in [0, 0.1) is 0 Å². The second-order valence-electron chi connectivity index (χ2n) is 5.22. The summed E-state index contributed by atoms with van der Waals surface area (Å²) < 4.78 is 37.5. The Morgan fingerprint density at radius 2 is 2.00 bits per heavy atom. The lowest BCUT2D eigenvalue weighted by Gasteiger charge is -2.29. The van der Waals surface area contributed by atoms with Crippen LogP contribution < -0.4 is 10.2 Å². The molecule has 5 nitrogen and oxygen atoms in total. The zero-order valence-electron chi connectivity index (χ0n) is 12.7. The first kappa shape index (κ1) is 17.3. The van der Waals surface area contributed by atoms with Gasteiger partial charge in [0, 0.05) is 6.20 Å². The Labute approximate surface area is 145 Å². The normalized spacial score (nSPS) is 14.0. The van der Waals surface area contributed by atoms with Crippen molar-refractivity contribution in [3.63, 3.8) is 0 Å². The lowest BCUT2D eigenvalue weighted by atomic mass is 10.2. The zero-order chi connectivity index (χ0) is 18.0. The smallest absolute Gasteiger partial charge is 0.323 e. The van der Waals surface area contributed by atoms with Crippen molar-refractivity contribution in [1.82, 2.24) is 4.98 Å². The van der Waals surface area contributed by atoms with Crippen molar-refractivity contribution in [2.45, 2.75) is 11.2 Å². The number of fused-ring (bicyclic) bond motifs is 1. The SMILES string of the molecule is O=C1CN(C(=O)CSc2ccc(C(F)(F)F)cn2)c2ccccc2N1. The molecular formula is C16H12F3N3O2S. The Bertz CT molecular complexity index is 809. The number of thioether (sulfide) groups is 1. The van der Waals surface area contributed by atoms with Gasteiger partial charge in [-0.05, 0) is 24.3 Å². The summed E-state index contributed by atoms with van der Waals surface area (Å²) in [7, 11) is 0. The van der Waals surface area contributed by atoms with Crippen molar-refractivity contribution in [1.29, 1.82) is 0 Å². The van der Waals surface area contributed by atoms with Crippen molar-refractivity contribution in [2.24, 2.45) is 0 Å². The quantitative estimate of drug-likeness (QED) is 0.847. The number of benzene rings is 1. The van der Waals surface area contributed by atoms with Gasteiger partial charge in [0.1, 0.15) is 6.54 Å². The van der Waals surface area contributed by atoms with Gasteiger partial charge in [-0.3, -0.25) is 9.59 Å². The fourth-order valence-electron chi connectivity index (χ4n) is 2.30. The van der Waals surface area contributed by atoms with Gasteiger partial charge in [-0.25, -0.2) is 4.98 Å². The number of anilines is 2. The average Bonchev–Trinajstić information content (AvgIpc) is 2.58. The summed E-state index contributed by atoms with van der Waals surface area (Å²) >= 11 is 1.02. The molecule has 0 fully saturated rings. The van der Waals surface area contributed by atoms with E-state index >= 15 is 0 Å². The van der Waals surface area contributed by atoms with Crippen LogP contribution in [0.2, 0.25) is 0 Å². The number of nitrogens with one attached hydrogen (secondary N) is 1. The van der Waals surface area contributed by atoms with Crippen LogP contribution in [-0.2, 0) is 15.8 Å². The van der Waals surface area contributed by atoms with Crippen LogP contribution in [0.5, 0.6) is 0 Å². The van der Waals surface area contributed by atoms with E-state index in [4.69, 9.17) is 0 Å². The van der Waals surface area contributed by atoms with E-state index in [-0.39, 0.29) is 24.1 Å². The molecule has 0 atom stereocenters. The number of carbonyl (C=O) groups excluding carboxylic acids is 2. The highest BCUT2D eigenvalue weighted by molar-refractivity contribution is 7.99. The standard InChI is InChI=1S/C16H12F3N3O2S/c17-16(18,19)10-5-6-14(20-7-10)25-9-15(24)22-8-13(23)21-11-3-1-2-4-12(11)22/h1-7H,8-9H2,(H,21,23). The molecule has 1 aromatic carbocycles. The molecule has 130 valence electrons. The predicted octanol–water partition coefficient (Wildman–Crippen LogP) is 3.18. The summed E-state index contributed by atoms with van der Waals surface area (Å²) in [6.07, 6.45) is -3.71. The van der Waals surface area contributed by atoms with E-state index in [9.17, 15) is 22.8 Å². The highest BCUT2D eigenvalue weighted by Gasteiger charge is 2.31. The van der Waals surface area contributed by atoms with Crippen molar-refractivity contribution in [2.75, 3.05) is 22.5 Å². The number of aromatic nitrogens is 1. The summed E-state index contributed by atoms with van der Waals surface area (Å²) in [4.78, 5) is 29.2. The van der Waals surface area contributed by atoms with E-state index in [0.717, 1.165) is 24.0 Å². The third kappa shape index (κ3) is 3.93. The molecule has 0 spiro atoms. The Balaban J connectivity index is 1.68. The van der Waals surface area contributed by atoms with Gasteiger partial charge in [-0.2, -0.15) is 13.2 Å². The van der Waals surface area contributed by atoms with E-state index in [1.54, 1.807) is 24.3 Å². The molecule has 0 aliphatic carbocycles. The van der Waals surface area contributed by atoms with Crippen LogP contribution in [0.1, 0.15) is 5.56 Å². The van der Waals surface area contributed by atoms with Gasteiger partial charge >= 0.3 is 6.18 Å². The van der Waals surface area contributed by atoms with Gasteiger partial charge in [0.25, 0.3) is 0 Å². The molecule has 0 unspecified atom stereocenters. The molecule has 1 N–H and O–H groups in total. The molecule has 2 aromatic rings. The van der Waals surface area contributed by atoms with Crippen LogP contribution in [0.25, 0.3) is 0 Å². The first-order valence-corrected chi connectivity index (χ1v) is 8.18. The highest BCUT2D eigenvalue weighted by atomic mass is 32.2. The molecule has 25 heavy (non-hydrogen) atoms. The van der Waals surface area contributed by atoms with E-state index in [1.165, 1.54) is 11.0 Å². The molecule has 2 amide bonds.